The molecule has 4 rings (SSSR count). The van der Waals surface area contributed by atoms with Crippen LogP contribution >= 0.6 is 0 Å². The molecule has 0 radical (unpaired) electrons. The molecule has 37 heavy (non-hydrogen) atoms. The summed E-state index contributed by atoms with van der Waals surface area (Å²) in [5.41, 5.74) is 11.9. The summed E-state index contributed by atoms with van der Waals surface area (Å²) in [4.78, 5) is 18.1. The van der Waals surface area contributed by atoms with Crippen LogP contribution in [0.15, 0.2) is 35.4 Å². The number of unbranched alkanes of at least 4 members (excludes halogenated alkanes) is 1. The first-order valence-electron chi connectivity index (χ1n) is 13.6. The quantitative estimate of drug-likeness (QED) is 0.223. The van der Waals surface area contributed by atoms with Crippen LogP contribution in [-0.2, 0) is 11.2 Å². The molecular weight excluding hydrogens is 468 g/mol. The Kier molecular flexibility index (Phi) is 9.74. The van der Waals surface area contributed by atoms with Crippen molar-refractivity contribution in [2.45, 2.75) is 76.9 Å². The van der Waals surface area contributed by atoms with E-state index in [1.54, 1.807) is 12.0 Å². The minimum absolute atomic E-state index is 0.0948. The van der Waals surface area contributed by atoms with Crippen molar-refractivity contribution in [1.29, 1.82) is 0 Å². The summed E-state index contributed by atoms with van der Waals surface area (Å²) in [6, 6.07) is 10.0. The van der Waals surface area contributed by atoms with E-state index in [1.807, 2.05) is 18.2 Å². The average molecular weight is 507 g/mol. The number of nitrogens with zero attached hydrogens (tertiary/aromatic N) is 6. The lowest BCUT2D eigenvalue weighted by Crippen LogP contribution is -2.48. The van der Waals surface area contributed by atoms with E-state index in [0.29, 0.717) is 37.9 Å². The second kappa shape index (κ2) is 13.4. The van der Waals surface area contributed by atoms with Crippen LogP contribution in [0.5, 0.6) is 5.75 Å². The van der Waals surface area contributed by atoms with Crippen molar-refractivity contribution in [3.8, 4) is 16.9 Å². The van der Waals surface area contributed by atoms with Gasteiger partial charge < -0.3 is 14.4 Å². The summed E-state index contributed by atoms with van der Waals surface area (Å²) in [6.07, 6.45) is 9.71. The fourth-order valence-corrected chi connectivity index (χ4v) is 5.32. The molecule has 0 unspecified atom stereocenters. The van der Waals surface area contributed by atoms with Gasteiger partial charge in [0, 0.05) is 37.2 Å². The summed E-state index contributed by atoms with van der Waals surface area (Å²) in [7, 11) is 1.63. The molecule has 1 aliphatic carbocycles. The summed E-state index contributed by atoms with van der Waals surface area (Å²) in [6.45, 7) is 3.52. The molecule has 1 saturated carbocycles. The SMILES string of the molecule is CCCCc1nnc(C(=O)N2CC[C@H](CN=[N+]=[N-])[C@H](OC)C2)cc1-c1ccc(OC2CCCCC2)cc1. The van der Waals surface area contributed by atoms with E-state index < -0.39 is 0 Å². The van der Waals surface area contributed by atoms with Crippen molar-refractivity contribution in [2.75, 3.05) is 26.7 Å². The molecule has 9 nitrogen and oxygen atoms in total. The van der Waals surface area contributed by atoms with Gasteiger partial charge >= 0.3 is 0 Å². The highest BCUT2D eigenvalue weighted by Gasteiger charge is 2.32. The van der Waals surface area contributed by atoms with Gasteiger partial charge in [-0.25, -0.2) is 0 Å². The van der Waals surface area contributed by atoms with Gasteiger partial charge in [0.1, 0.15) is 5.75 Å². The number of amides is 1. The lowest BCUT2D eigenvalue weighted by Gasteiger charge is -2.37. The van der Waals surface area contributed by atoms with Crippen LogP contribution in [0.1, 0.15) is 74.5 Å². The van der Waals surface area contributed by atoms with E-state index in [0.717, 1.165) is 54.7 Å². The second-order valence-corrected chi connectivity index (χ2v) is 10.1. The number of rotatable bonds is 10. The lowest BCUT2D eigenvalue weighted by atomic mass is 9.93. The Bertz CT molecular complexity index is 1080. The standard InChI is InChI=1S/C28H38N6O3/c1-3-4-10-25-24(20-11-13-23(14-12-20)37-22-8-6-5-7-9-22)17-26(32-31-25)28(35)34-16-15-21(18-30-33-29)27(19-34)36-2/h11-14,17,21-22,27H,3-10,15-16,18-19H2,1-2H3/t21-,27-/m1/s1. The molecule has 198 valence electrons. The van der Waals surface area contributed by atoms with Crippen LogP contribution in [0, 0.1) is 5.92 Å². The number of ether oxygens (including phenoxy) is 2. The van der Waals surface area contributed by atoms with Crippen molar-refractivity contribution >= 4 is 5.91 Å². The largest absolute Gasteiger partial charge is 0.490 e. The Labute approximate surface area is 219 Å². The van der Waals surface area contributed by atoms with Crippen LogP contribution in [-0.4, -0.2) is 60.0 Å². The summed E-state index contributed by atoms with van der Waals surface area (Å²) in [5, 5.41) is 12.5. The summed E-state index contributed by atoms with van der Waals surface area (Å²) in [5.74, 6) is 0.827. The molecule has 1 saturated heterocycles. The van der Waals surface area contributed by atoms with Crippen molar-refractivity contribution in [3.05, 3.63) is 52.2 Å². The number of aromatic nitrogens is 2. The molecule has 2 fully saturated rings. The predicted molar refractivity (Wildman–Crippen MR) is 142 cm³/mol. The molecule has 1 aromatic heterocycles. The van der Waals surface area contributed by atoms with Crippen LogP contribution in [0.25, 0.3) is 21.6 Å². The number of carbonyl (C=O) groups excluding carboxylic acids is 1. The van der Waals surface area contributed by atoms with Gasteiger partial charge in [-0.05, 0) is 80.2 Å². The lowest BCUT2D eigenvalue weighted by molar-refractivity contribution is -0.00457. The van der Waals surface area contributed by atoms with Gasteiger partial charge in [0.25, 0.3) is 5.91 Å². The maximum atomic E-state index is 13.4. The van der Waals surface area contributed by atoms with Crippen LogP contribution in [0.2, 0.25) is 0 Å². The smallest absolute Gasteiger partial charge is 0.274 e. The number of azide groups is 1. The Hall–Kier alpha value is -3.16. The zero-order valence-electron chi connectivity index (χ0n) is 22.0. The minimum atomic E-state index is -0.184. The molecule has 2 aliphatic rings. The van der Waals surface area contributed by atoms with E-state index in [9.17, 15) is 4.79 Å². The predicted octanol–water partition coefficient (Wildman–Crippen LogP) is 5.99. The maximum Gasteiger partial charge on any atom is 0.274 e. The number of hydrogen-bond donors (Lipinski definition) is 0. The Balaban J connectivity index is 1.52. The van der Waals surface area contributed by atoms with E-state index in [4.69, 9.17) is 15.0 Å². The zero-order chi connectivity index (χ0) is 26.0. The van der Waals surface area contributed by atoms with E-state index in [2.05, 4.69) is 39.3 Å². The molecule has 1 aromatic carbocycles. The highest BCUT2D eigenvalue weighted by molar-refractivity contribution is 5.93. The number of hydrogen-bond acceptors (Lipinski definition) is 6. The highest BCUT2D eigenvalue weighted by Crippen LogP contribution is 2.29. The third kappa shape index (κ3) is 6.99. The molecule has 2 aromatic rings. The molecule has 2 atom stereocenters. The fraction of sp³-hybridized carbons (Fsp3) is 0.607. The van der Waals surface area contributed by atoms with E-state index >= 15 is 0 Å². The third-order valence-corrected chi connectivity index (χ3v) is 7.54. The maximum absolute atomic E-state index is 13.4. The van der Waals surface area contributed by atoms with Gasteiger partial charge in [0.2, 0.25) is 0 Å². The minimum Gasteiger partial charge on any atom is -0.490 e. The molecule has 9 heteroatoms. The van der Waals surface area contributed by atoms with Crippen LogP contribution in [0.4, 0.5) is 0 Å². The Morgan fingerprint density at radius 1 is 1.16 bits per heavy atom. The van der Waals surface area contributed by atoms with Gasteiger partial charge in [-0.2, -0.15) is 5.10 Å². The van der Waals surface area contributed by atoms with Gasteiger partial charge in [0.05, 0.1) is 17.9 Å². The molecule has 0 spiro atoms. The topological polar surface area (TPSA) is 113 Å². The average Bonchev–Trinajstić information content (AvgIpc) is 2.95. The monoisotopic (exact) mass is 506 g/mol. The first-order chi connectivity index (χ1) is 18.1. The molecule has 1 aliphatic heterocycles. The van der Waals surface area contributed by atoms with Crippen LogP contribution in [0.3, 0.4) is 0 Å². The number of carbonyl (C=O) groups is 1. The first-order valence-corrected chi connectivity index (χ1v) is 13.6. The second-order valence-electron chi connectivity index (χ2n) is 10.1. The summed E-state index contributed by atoms with van der Waals surface area (Å²) < 4.78 is 11.8. The number of aryl methyl sites for hydroxylation is 1. The molecular formula is C28H38N6O3. The first kappa shape index (κ1) is 26.9. The van der Waals surface area contributed by atoms with E-state index in [-0.39, 0.29) is 17.9 Å². The van der Waals surface area contributed by atoms with Gasteiger partial charge in [-0.3, -0.25) is 4.79 Å². The van der Waals surface area contributed by atoms with Crippen molar-refractivity contribution in [1.82, 2.24) is 15.1 Å². The molecule has 0 N–H and O–H groups in total. The molecule has 2 heterocycles. The van der Waals surface area contributed by atoms with E-state index in [1.165, 1.54) is 19.3 Å². The van der Waals surface area contributed by atoms with Crippen molar-refractivity contribution < 1.29 is 14.3 Å². The van der Waals surface area contributed by atoms with Crippen molar-refractivity contribution in [3.63, 3.8) is 0 Å². The van der Waals surface area contributed by atoms with Crippen LogP contribution < -0.4 is 4.74 Å². The fourth-order valence-electron chi connectivity index (χ4n) is 5.32. The molecule has 0 bridgehead atoms. The number of benzene rings is 1. The van der Waals surface area contributed by atoms with Gasteiger partial charge in [-0.15, -0.1) is 5.10 Å². The number of methoxy groups -OCH3 is 1. The normalized spacial score (nSPS) is 20.3. The summed E-state index contributed by atoms with van der Waals surface area (Å²) >= 11 is 0. The highest BCUT2D eigenvalue weighted by atomic mass is 16.5. The zero-order valence-corrected chi connectivity index (χ0v) is 22.0. The van der Waals surface area contributed by atoms with Gasteiger partial charge in [0.15, 0.2) is 5.69 Å². The third-order valence-electron chi connectivity index (χ3n) is 7.54. The Morgan fingerprint density at radius 3 is 2.65 bits per heavy atom. The molecule has 1 amide bonds. The number of likely N-dealkylation sites (tertiary alicyclic amines) is 1. The van der Waals surface area contributed by atoms with Gasteiger partial charge in [-0.1, -0.05) is 37.0 Å². The Morgan fingerprint density at radius 2 is 1.95 bits per heavy atom. The number of piperidine rings is 1. The van der Waals surface area contributed by atoms with Crippen molar-refractivity contribution in [2.24, 2.45) is 11.0 Å².